The van der Waals surface area contributed by atoms with E-state index in [1.54, 1.807) is 6.07 Å². The zero-order valence-electron chi connectivity index (χ0n) is 18.9. The zero-order chi connectivity index (χ0) is 21.8. The Morgan fingerprint density at radius 1 is 1.07 bits per heavy atom. The fourth-order valence-electron chi connectivity index (χ4n) is 4.47. The second-order valence-electron chi connectivity index (χ2n) is 9.30. The third-order valence-electron chi connectivity index (χ3n) is 6.21. The van der Waals surface area contributed by atoms with Crippen LogP contribution < -0.4 is 0 Å². The zero-order valence-corrected chi connectivity index (χ0v) is 18.9. The molecule has 0 bridgehead atoms. The number of rotatable bonds is 7. The number of halogens is 1. The molecule has 30 heavy (non-hydrogen) atoms. The van der Waals surface area contributed by atoms with Crippen LogP contribution in [0.5, 0.6) is 0 Å². The first-order valence-corrected chi connectivity index (χ1v) is 11.1. The van der Waals surface area contributed by atoms with Crippen LogP contribution in [0.15, 0.2) is 48.5 Å². The lowest BCUT2D eigenvalue weighted by Gasteiger charge is -2.33. The molecule has 0 radical (unpaired) electrons. The van der Waals surface area contributed by atoms with Crippen molar-refractivity contribution in [2.75, 3.05) is 19.6 Å². The van der Waals surface area contributed by atoms with Gasteiger partial charge in [-0.2, -0.15) is 0 Å². The molecule has 162 valence electrons. The molecule has 2 aromatic carbocycles. The highest BCUT2D eigenvalue weighted by Gasteiger charge is 2.36. The number of likely N-dealkylation sites (tertiary alicyclic amines) is 1. The van der Waals surface area contributed by atoms with Crippen LogP contribution in [0.4, 0.5) is 4.39 Å². The van der Waals surface area contributed by atoms with E-state index in [2.05, 4.69) is 49.9 Å². The third-order valence-corrected chi connectivity index (χ3v) is 6.21. The van der Waals surface area contributed by atoms with E-state index in [0.29, 0.717) is 18.4 Å². The molecule has 2 atom stereocenters. The summed E-state index contributed by atoms with van der Waals surface area (Å²) in [6.45, 7) is 13.3. The summed E-state index contributed by atoms with van der Waals surface area (Å²) in [5.41, 5.74) is 3.29. The summed E-state index contributed by atoms with van der Waals surface area (Å²) in [6, 6.07) is 15.9. The van der Waals surface area contributed by atoms with Crippen LogP contribution in [0, 0.1) is 24.6 Å². The molecule has 3 rings (SSSR count). The molecule has 2 aromatic rings. The lowest BCUT2D eigenvalue weighted by atomic mass is 9.87. The van der Waals surface area contributed by atoms with E-state index in [1.165, 1.54) is 17.2 Å². The van der Waals surface area contributed by atoms with E-state index >= 15 is 0 Å². The predicted molar refractivity (Wildman–Crippen MR) is 121 cm³/mol. The number of nitrogens with zero attached hydrogens (tertiary/aromatic N) is 2. The van der Waals surface area contributed by atoms with Gasteiger partial charge in [0.15, 0.2) is 0 Å². The number of carbonyl (C=O) groups excluding carboxylic acids is 1. The molecule has 1 aliphatic rings. The number of hydrogen-bond acceptors (Lipinski definition) is 2. The minimum absolute atomic E-state index is 0.0128. The quantitative estimate of drug-likeness (QED) is 0.623. The minimum Gasteiger partial charge on any atom is -0.340 e. The van der Waals surface area contributed by atoms with Gasteiger partial charge in [-0.3, -0.25) is 9.69 Å². The Morgan fingerprint density at radius 3 is 2.33 bits per heavy atom. The fraction of sp³-hybridized carbons (Fsp3) is 0.500. The highest BCUT2D eigenvalue weighted by Crippen LogP contribution is 2.35. The molecule has 1 aliphatic heterocycles. The maximum Gasteiger partial charge on any atom is 0.225 e. The van der Waals surface area contributed by atoms with Crippen molar-refractivity contribution in [1.82, 2.24) is 9.80 Å². The smallest absolute Gasteiger partial charge is 0.225 e. The van der Waals surface area contributed by atoms with Gasteiger partial charge < -0.3 is 4.90 Å². The van der Waals surface area contributed by atoms with Crippen LogP contribution in [0.1, 0.15) is 50.3 Å². The molecule has 0 spiro atoms. The number of benzene rings is 2. The van der Waals surface area contributed by atoms with E-state index in [-0.39, 0.29) is 23.7 Å². The van der Waals surface area contributed by atoms with Crippen molar-refractivity contribution < 1.29 is 9.18 Å². The van der Waals surface area contributed by atoms with Gasteiger partial charge in [0.25, 0.3) is 0 Å². The largest absolute Gasteiger partial charge is 0.340 e. The average Bonchev–Trinajstić information content (AvgIpc) is 3.10. The van der Waals surface area contributed by atoms with Crippen LogP contribution in [0.25, 0.3) is 0 Å². The maximum absolute atomic E-state index is 14.2. The summed E-state index contributed by atoms with van der Waals surface area (Å²) in [4.78, 5) is 17.2. The first-order valence-electron chi connectivity index (χ1n) is 11.1. The highest BCUT2D eigenvalue weighted by atomic mass is 19.1. The van der Waals surface area contributed by atoms with E-state index < -0.39 is 0 Å². The number of amides is 1. The summed E-state index contributed by atoms with van der Waals surface area (Å²) in [5, 5.41) is 0. The normalized spacial score (nSPS) is 19.6. The van der Waals surface area contributed by atoms with E-state index in [9.17, 15) is 9.18 Å². The molecular formula is C26H35FN2O. The fourth-order valence-corrected chi connectivity index (χ4v) is 4.47. The van der Waals surface area contributed by atoms with Gasteiger partial charge in [-0.15, -0.1) is 0 Å². The van der Waals surface area contributed by atoms with E-state index in [1.807, 2.05) is 30.9 Å². The minimum atomic E-state index is -0.147. The average molecular weight is 411 g/mol. The van der Waals surface area contributed by atoms with E-state index in [4.69, 9.17) is 0 Å². The highest BCUT2D eigenvalue weighted by molar-refractivity contribution is 5.78. The van der Waals surface area contributed by atoms with Crippen LogP contribution >= 0.6 is 0 Å². The Bertz CT molecular complexity index is 846. The first kappa shape index (κ1) is 22.5. The van der Waals surface area contributed by atoms with Crippen molar-refractivity contribution in [3.63, 3.8) is 0 Å². The molecule has 1 saturated heterocycles. The molecule has 0 aliphatic carbocycles. The molecule has 1 heterocycles. The number of carbonyl (C=O) groups is 1. The van der Waals surface area contributed by atoms with Gasteiger partial charge >= 0.3 is 0 Å². The Labute approximate surface area is 180 Å². The Hall–Kier alpha value is -2.20. The molecule has 0 aromatic heterocycles. The van der Waals surface area contributed by atoms with Gasteiger partial charge in [-0.1, -0.05) is 61.9 Å². The Kier molecular flexibility index (Phi) is 7.30. The third kappa shape index (κ3) is 5.28. The van der Waals surface area contributed by atoms with Crippen molar-refractivity contribution in [2.45, 2.75) is 53.1 Å². The van der Waals surface area contributed by atoms with Gasteiger partial charge in [-0.25, -0.2) is 4.39 Å². The molecule has 0 N–H and O–H groups in total. The van der Waals surface area contributed by atoms with Gasteiger partial charge in [0.2, 0.25) is 5.91 Å². The molecule has 3 nitrogen and oxygen atoms in total. The summed E-state index contributed by atoms with van der Waals surface area (Å²) < 4.78 is 14.2. The van der Waals surface area contributed by atoms with Crippen molar-refractivity contribution in [3.05, 3.63) is 71.0 Å². The molecular weight excluding hydrogens is 375 g/mol. The Balaban J connectivity index is 1.84. The van der Waals surface area contributed by atoms with Crippen molar-refractivity contribution >= 4 is 5.91 Å². The summed E-state index contributed by atoms with van der Waals surface area (Å²) in [6.07, 6.45) is 0. The van der Waals surface area contributed by atoms with Crippen molar-refractivity contribution in [2.24, 2.45) is 11.8 Å². The van der Waals surface area contributed by atoms with Gasteiger partial charge in [0.1, 0.15) is 5.82 Å². The van der Waals surface area contributed by atoms with Crippen molar-refractivity contribution in [3.8, 4) is 0 Å². The van der Waals surface area contributed by atoms with Crippen LogP contribution in [-0.2, 0) is 11.3 Å². The van der Waals surface area contributed by atoms with Crippen molar-refractivity contribution in [1.29, 1.82) is 0 Å². The lowest BCUT2D eigenvalue weighted by Crippen LogP contribution is -2.43. The first-order chi connectivity index (χ1) is 14.3. The predicted octanol–water partition coefficient (Wildman–Crippen LogP) is 5.24. The second kappa shape index (κ2) is 9.74. The number of hydrogen-bond donors (Lipinski definition) is 0. The summed E-state index contributed by atoms with van der Waals surface area (Å²) >= 11 is 0. The molecule has 0 saturated carbocycles. The van der Waals surface area contributed by atoms with Gasteiger partial charge in [0, 0.05) is 49.6 Å². The maximum atomic E-state index is 14.2. The molecule has 1 amide bonds. The Morgan fingerprint density at radius 2 is 1.73 bits per heavy atom. The second-order valence-corrected chi connectivity index (χ2v) is 9.30. The monoisotopic (exact) mass is 410 g/mol. The summed E-state index contributed by atoms with van der Waals surface area (Å²) in [7, 11) is 0. The van der Waals surface area contributed by atoms with Crippen LogP contribution in [0.2, 0.25) is 0 Å². The van der Waals surface area contributed by atoms with Gasteiger partial charge in [-0.05, 0) is 38.3 Å². The molecule has 4 heteroatoms. The summed E-state index contributed by atoms with van der Waals surface area (Å²) in [5.74, 6) is 0.705. The van der Waals surface area contributed by atoms with Crippen LogP contribution in [-0.4, -0.2) is 41.4 Å². The molecule has 2 unspecified atom stereocenters. The topological polar surface area (TPSA) is 23.6 Å². The van der Waals surface area contributed by atoms with Crippen LogP contribution in [0.3, 0.4) is 0 Å². The lowest BCUT2D eigenvalue weighted by molar-refractivity contribution is -0.136. The van der Waals surface area contributed by atoms with Gasteiger partial charge in [0.05, 0.1) is 0 Å². The number of aryl methyl sites for hydroxylation is 1. The molecule has 1 fully saturated rings. The SMILES string of the molecule is Cc1ccc(C2CN(Cc3ccccc3F)CC2CN(C(=O)C(C)C)C(C)C)cc1. The van der Waals surface area contributed by atoms with E-state index in [0.717, 1.165) is 25.2 Å². The standard InChI is InChI=1S/C26H35FN2O/c1-18(2)26(30)29(19(3)4)16-23-15-28(14-22-8-6-7-9-25(22)27)17-24(23)21-12-10-20(5)11-13-21/h6-13,18-19,23-24H,14-17H2,1-5H3.